The van der Waals surface area contributed by atoms with Gasteiger partial charge in [-0.3, -0.25) is 14.5 Å². The van der Waals surface area contributed by atoms with Crippen molar-refractivity contribution in [1.82, 2.24) is 9.80 Å². The summed E-state index contributed by atoms with van der Waals surface area (Å²) in [5.41, 5.74) is 0.986. The first-order chi connectivity index (χ1) is 13.6. The minimum atomic E-state index is -0.458. The summed E-state index contributed by atoms with van der Waals surface area (Å²) in [5.74, 6) is -0.911. The Balaban J connectivity index is 1.39. The topological polar surface area (TPSA) is 66.9 Å². The first-order valence-corrected chi connectivity index (χ1v) is 10.3. The number of amides is 2. The van der Waals surface area contributed by atoms with Gasteiger partial charge in [0.1, 0.15) is 6.10 Å². The molecule has 4 rings (SSSR count). The summed E-state index contributed by atoms with van der Waals surface area (Å²) in [7, 11) is 0. The van der Waals surface area contributed by atoms with E-state index in [1.54, 1.807) is 27.3 Å². The molecule has 0 N–H and O–H groups in total. The predicted molar refractivity (Wildman–Crippen MR) is 105 cm³/mol. The van der Waals surface area contributed by atoms with Gasteiger partial charge < -0.3 is 9.64 Å². The molecule has 0 radical (unpaired) electrons. The molecule has 1 aromatic carbocycles. The number of thiophene rings is 1. The molecule has 2 aromatic rings. The molecule has 2 fully saturated rings. The van der Waals surface area contributed by atoms with Crippen molar-refractivity contribution in [3.05, 3.63) is 58.3 Å². The van der Waals surface area contributed by atoms with E-state index in [4.69, 9.17) is 4.74 Å². The molecule has 2 atom stereocenters. The summed E-state index contributed by atoms with van der Waals surface area (Å²) in [6.07, 6.45) is 0.698. The normalized spacial score (nSPS) is 23.0. The molecule has 2 amide bonds. The number of carbonyl (C=O) groups excluding carboxylic acids is 3. The van der Waals surface area contributed by atoms with Crippen LogP contribution in [-0.2, 0) is 9.53 Å². The maximum Gasteiger partial charge on any atom is 0.411 e. The van der Waals surface area contributed by atoms with E-state index in [0.29, 0.717) is 30.8 Å². The van der Waals surface area contributed by atoms with E-state index in [1.165, 1.54) is 11.3 Å². The lowest BCUT2D eigenvalue weighted by molar-refractivity contribution is -0.127. The molecule has 0 saturated carbocycles. The second-order valence-electron chi connectivity index (χ2n) is 7.19. The number of piperidine rings is 1. The second-order valence-corrected chi connectivity index (χ2v) is 8.14. The molecule has 0 aliphatic carbocycles. The highest BCUT2D eigenvalue weighted by Crippen LogP contribution is 2.35. The molecule has 7 heteroatoms. The standard InChI is InChI=1S/C21H22N2O4S/c1-14-19(15-6-3-2-4-7-15)27-21(26)23(14)16-9-11-22(12-10-16)20(25)18(24)17-8-5-13-28-17/h2-8,13-14,16,19H,9-12H2,1H3/t14-,19-/m1/s1. The SMILES string of the molecule is C[C@@H]1[C@H](c2ccccc2)OC(=O)N1C1CCN(C(=O)C(=O)c2cccs2)CC1. The number of benzene rings is 1. The third kappa shape index (κ3) is 3.42. The molecule has 2 saturated heterocycles. The number of ether oxygens (including phenoxy) is 1. The van der Waals surface area contributed by atoms with E-state index in [9.17, 15) is 14.4 Å². The fraction of sp³-hybridized carbons (Fsp3) is 0.381. The van der Waals surface area contributed by atoms with Crippen LogP contribution >= 0.6 is 11.3 Å². The molecule has 1 aromatic heterocycles. The van der Waals surface area contributed by atoms with Gasteiger partial charge in [-0.2, -0.15) is 0 Å². The molecule has 28 heavy (non-hydrogen) atoms. The Morgan fingerprint density at radius 2 is 1.79 bits per heavy atom. The Bertz CT molecular complexity index is 860. The van der Waals surface area contributed by atoms with Crippen LogP contribution in [0.1, 0.15) is 41.1 Å². The van der Waals surface area contributed by atoms with Crippen molar-refractivity contribution in [2.45, 2.75) is 38.0 Å². The minimum absolute atomic E-state index is 0.0112. The molecule has 6 nitrogen and oxygen atoms in total. The van der Waals surface area contributed by atoms with E-state index in [2.05, 4.69) is 0 Å². The summed E-state index contributed by atoms with van der Waals surface area (Å²) in [6.45, 7) is 2.93. The number of likely N-dealkylation sites (tertiary alicyclic amines) is 1. The van der Waals surface area contributed by atoms with Gasteiger partial charge in [-0.1, -0.05) is 36.4 Å². The fourth-order valence-electron chi connectivity index (χ4n) is 4.05. The summed E-state index contributed by atoms with van der Waals surface area (Å²) in [4.78, 5) is 41.1. The highest BCUT2D eigenvalue weighted by atomic mass is 32.1. The number of hydrogen-bond donors (Lipinski definition) is 0. The monoisotopic (exact) mass is 398 g/mol. The zero-order valence-corrected chi connectivity index (χ0v) is 16.4. The van der Waals surface area contributed by atoms with Gasteiger partial charge in [-0.15, -0.1) is 11.3 Å². The average Bonchev–Trinajstić information content (AvgIpc) is 3.36. The van der Waals surface area contributed by atoms with Crippen molar-refractivity contribution in [1.29, 1.82) is 0 Å². The number of ketones is 1. The van der Waals surface area contributed by atoms with Gasteiger partial charge in [0.05, 0.1) is 10.9 Å². The Hall–Kier alpha value is -2.67. The number of cyclic esters (lactones) is 1. The number of nitrogens with zero attached hydrogens (tertiary/aromatic N) is 2. The summed E-state index contributed by atoms with van der Waals surface area (Å²) in [5, 5.41) is 1.79. The van der Waals surface area contributed by atoms with Gasteiger partial charge >= 0.3 is 6.09 Å². The van der Waals surface area contributed by atoms with E-state index >= 15 is 0 Å². The van der Waals surface area contributed by atoms with Crippen LogP contribution in [-0.4, -0.2) is 52.8 Å². The van der Waals surface area contributed by atoms with Crippen LogP contribution in [0.5, 0.6) is 0 Å². The first kappa shape index (κ1) is 18.7. The molecule has 0 spiro atoms. The molecule has 0 bridgehead atoms. The quantitative estimate of drug-likeness (QED) is 0.584. The molecular formula is C21H22N2O4S. The number of carbonyl (C=O) groups is 3. The first-order valence-electron chi connectivity index (χ1n) is 9.47. The van der Waals surface area contributed by atoms with Gasteiger partial charge in [0, 0.05) is 19.1 Å². The highest BCUT2D eigenvalue weighted by molar-refractivity contribution is 7.13. The molecule has 2 aliphatic rings. The summed E-state index contributed by atoms with van der Waals surface area (Å²) >= 11 is 1.28. The van der Waals surface area contributed by atoms with Gasteiger partial charge in [0.25, 0.3) is 11.7 Å². The van der Waals surface area contributed by atoms with Gasteiger partial charge in [-0.25, -0.2) is 4.79 Å². The van der Waals surface area contributed by atoms with Crippen molar-refractivity contribution in [2.24, 2.45) is 0 Å². The third-order valence-electron chi connectivity index (χ3n) is 5.53. The minimum Gasteiger partial charge on any atom is -0.439 e. The van der Waals surface area contributed by atoms with E-state index in [0.717, 1.165) is 5.56 Å². The maximum atomic E-state index is 12.5. The van der Waals surface area contributed by atoms with Crippen LogP contribution in [0.2, 0.25) is 0 Å². The van der Waals surface area contributed by atoms with Crippen LogP contribution in [0.4, 0.5) is 4.79 Å². The molecule has 2 aliphatic heterocycles. The van der Waals surface area contributed by atoms with Crippen molar-refractivity contribution in [2.75, 3.05) is 13.1 Å². The highest BCUT2D eigenvalue weighted by Gasteiger charge is 2.44. The zero-order valence-electron chi connectivity index (χ0n) is 15.6. The number of rotatable bonds is 4. The smallest absolute Gasteiger partial charge is 0.411 e. The van der Waals surface area contributed by atoms with Crippen LogP contribution in [0.3, 0.4) is 0 Å². The van der Waals surface area contributed by atoms with E-state index < -0.39 is 11.7 Å². The predicted octanol–water partition coefficient (Wildman–Crippen LogP) is 3.50. The molecule has 0 unspecified atom stereocenters. The Morgan fingerprint density at radius 1 is 1.07 bits per heavy atom. The van der Waals surface area contributed by atoms with Gasteiger partial charge in [0.15, 0.2) is 0 Å². The zero-order chi connectivity index (χ0) is 19.7. The van der Waals surface area contributed by atoms with Crippen molar-refractivity contribution < 1.29 is 19.1 Å². The van der Waals surface area contributed by atoms with Crippen molar-refractivity contribution in [3.63, 3.8) is 0 Å². The summed E-state index contributed by atoms with van der Waals surface area (Å²) in [6, 6.07) is 13.1. The Morgan fingerprint density at radius 3 is 2.43 bits per heavy atom. The van der Waals surface area contributed by atoms with Gasteiger partial charge in [-0.05, 0) is 36.8 Å². The lowest BCUT2D eigenvalue weighted by Gasteiger charge is -2.37. The largest absolute Gasteiger partial charge is 0.439 e. The second kappa shape index (κ2) is 7.75. The molecule has 146 valence electrons. The fourth-order valence-corrected chi connectivity index (χ4v) is 4.71. The van der Waals surface area contributed by atoms with Crippen molar-refractivity contribution in [3.8, 4) is 0 Å². The van der Waals surface area contributed by atoms with Crippen LogP contribution in [0.15, 0.2) is 47.8 Å². The van der Waals surface area contributed by atoms with Crippen LogP contribution in [0.25, 0.3) is 0 Å². The maximum absolute atomic E-state index is 12.5. The average molecular weight is 398 g/mol. The Kier molecular flexibility index (Phi) is 5.17. The Labute approximate surface area is 167 Å². The van der Waals surface area contributed by atoms with Gasteiger partial charge in [0.2, 0.25) is 0 Å². The lowest BCUT2D eigenvalue weighted by atomic mass is 9.98. The third-order valence-corrected chi connectivity index (χ3v) is 6.40. The van der Waals surface area contributed by atoms with Crippen LogP contribution in [0, 0.1) is 0 Å². The van der Waals surface area contributed by atoms with E-state index in [-0.39, 0.29) is 24.3 Å². The number of hydrogen-bond acceptors (Lipinski definition) is 5. The van der Waals surface area contributed by atoms with E-state index in [1.807, 2.05) is 37.3 Å². The van der Waals surface area contributed by atoms with Crippen molar-refractivity contribution >= 4 is 29.1 Å². The lowest BCUT2D eigenvalue weighted by Crippen LogP contribution is -2.50. The van der Waals surface area contributed by atoms with Crippen LogP contribution < -0.4 is 0 Å². The number of Topliss-reactive ketones (excluding diaryl/α,β-unsaturated/α-hetero) is 1. The summed E-state index contributed by atoms with van der Waals surface area (Å²) < 4.78 is 5.64. The molecule has 3 heterocycles. The molecular weight excluding hydrogens is 376 g/mol.